The van der Waals surface area contributed by atoms with Crippen molar-refractivity contribution in [3.63, 3.8) is 0 Å². The number of hydrogen-bond donors (Lipinski definition) is 0. The zero-order valence-electron chi connectivity index (χ0n) is 11.4. The minimum atomic E-state index is 0.684. The van der Waals surface area contributed by atoms with E-state index in [2.05, 4.69) is 47.5 Å². The highest BCUT2D eigenvalue weighted by atomic mass is 16.5. The summed E-state index contributed by atoms with van der Waals surface area (Å²) in [5.74, 6) is 0.790. The van der Waals surface area contributed by atoms with Crippen molar-refractivity contribution in [3.8, 4) is 16.9 Å². The summed E-state index contributed by atoms with van der Waals surface area (Å²) in [4.78, 5) is 0. The van der Waals surface area contributed by atoms with E-state index in [1.54, 1.807) is 12.4 Å². The Balaban J connectivity index is 2.16. The van der Waals surface area contributed by atoms with Crippen molar-refractivity contribution in [2.45, 2.75) is 13.3 Å². The van der Waals surface area contributed by atoms with Crippen LogP contribution in [0.25, 0.3) is 21.9 Å². The van der Waals surface area contributed by atoms with E-state index in [0.29, 0.717) is 6.61 Å². The lowest BCUT2D eigenvalue weighted by Gasteiger charge is -2.11. The minimum absolute atomic E-state index is 0.684. The molecule has 20 heavy (non-hydrogen) atoms. The second-order valence-electron chi connectivity index (χ2n) is 4.64. The topological polar surface area (TPSA) is 35.0 Å². The van der Waals surface area contributed by atoms with Crippen LogP contribution in [0, 0.1) is 0 Å². The zero-order valence-corrected chi connectivity index (χ0v) is 11.4. The molecule has 0 spiro atoms. The Morgan fingerprint density at radius 3 is 2.60 bits per heavy atom. The SMILES string of the molecule is CCCOc1cnncc1-c1cccc2ccccc12. The Morgan fingerprint density at radius 2 is 1.70 bits per heavy atom. The lowest BCUT2D eigenvalue weighted by molar-refractivity contribution is 0.317. The van der Waals surface area contributed by atoms with Gasteiger partial charge < -0.3 is 4.74 Å². The molecule has 0 saturated carbocycles. The van der Waals surface area contributed by atoms with E-state index in [4.69, 9.17) is 4.74 Å². The maximum atomic E-state index is 5.79. The van der Waals surface area contributed by atoms with Gasteiger partial charge in [0.2, 0.25) is 0 Å². The molecule has 1 heterocycles. The number of ether oxygens (including phenoxy) is 1. The largest absolute Gasteiger partial charge is 0.491 e. The van der Waals surface area contributed by atoms with Crippen LogP contribution in [0.5, 0.6) is 5.75 Å². The normalized spacial score (nSPS) is 10.7. The van der Waals surface area contributed by atoms with E-state index in [1.165, 1.54) is 10.8 Å². The second-order valence-corrected chi connectivity index (χ2v) is 4.64. The second kappa shape index (κ2) is 5.70. The minimum Gasteiger partial charge on any atom is -0.491 e. The van der Waals surface area contributed by atoms with E-state index in [-0.39, 0.29) is 0 Å². The molecule has 3 aromatic rings. The first kappa shape index (κ1) is 12.6. The van der Waals surface area contributed by atoms with Crippen molar-refractivity contribution >= 4 is 10.8 Å². The van der Waals surface area contributed by atoms with Crippen molar-refractivity contribution < 1.29 is 4.74 Å². The highest BCUT2D eigenvalue weighted by molar-refractivity contribution is 5.97. The van der Waals surface area contributed by atoms with Crippen LogP contribution in [0.2, 0.25) is 0 Å². The summed E-state index contributed by atoms with van der Waals surface area (Å²) in [6, 6.07) is 14.6. The number of nitrogens with zero attached hydrogens (tertiary/aromatic N) is 2. The summed E-state index contributed by atoms with van der Waals surface area (Å²) >= 11 is 0. The highest BCUT2D eigenvalue weighted by Gasteiger charge is 2.10. The molecule has 0 unspecified atom stereocenters. The molecule has 0 saturated heterocycles. The van der Waals surface area contributed by atoms with E-state index < -0.39 is 0 Å². The average Bonchev–Trinajstić information content (AvgIpc) is 2.53. The monoisotopic (exact) mass is 264 g/mol. The maximum absolute atomic E-state index is 5.79. The summed E-state index contributed by atoms with van der Waals surface area (Å²) in [6.45, 7) is 2.77. The fourth-order valence-corrected chi connectivity index (χ4v) is 2.30. The molecule has 2 aromatic carbocycles. The number of benzene rings is 2. The predicted molar refractivity (Wildman–Crippen MR) is 80.8 cm³/mol. The van der Waals surface area contributed by atoms with Crippen molar-refractivity contribution in [3.05, 3.63) is 54.9 Å². The fraction of sp³-hybridized carbons (Fsp3) is 0.176. The van der Waals surface area contributed by atoms with Crippen LogP contribution in [0.3, 0.4) is 0 Å². The molecule has 0 aliphatic heterocycles. The van der Waals surface area contributed by atoms with Gasteiger partial charge in [0.05, 0.1) is 19.0 Å². The molecular formula is C17H16N2O. The van der Waals surface area contributed by atoms with Crippen LogP contribution in [-0.4, -0.2) is 16.8 Å². The van der Waals surface area contributed by atoms with Gasteiger partial charge in [-0.1, -0.05) is 49.4 Å². The Hall–Kier alpha value is -2.42. The number of fused-ring (bicyclic) bond motifs is 1. The van der Waals surface area contributed by atoms with Gasteiger partial charge in [-0.2, -0.15) is 10.2 Å². The molecule has 3 heteroatoms. The third-order valence-corrected chi connectivity index (χ3v) is 3.24. The van der Waals surface area contributed by atoms with Gasteiger partial charge in [0, 0.05) is 5.56 Å². The first-order valence-corrected chi connectivity index (χ1v) is 6.82. The van der Waals surface area contributed by atoms with Gasteiger partial charge in [0.15, 0.2) is 0 Å². The van der Waals surface area contributed by atoms with Gasteiger partial charge in [0.25, 0.3) is 0 Å². The molecule has 0 N–H and O–H groups in total. The summed E-state index contributed by atoms with van der Waals surface area (Å²) in [6.07, 6.45) is 4.43. The van der Waals surface area contributed by atoms with Gasteiger partial charge in [-0.25, -0.2) is 0 Å². The summed E-state index contributed by atoms with van der Waals surface area (Å²) in [5, 5.41) is 10.3. The van der Waals surface area contributed by atoms with Gasteiger partial charge in [0.1, 0.15) is 5.75 Å². The average molecular weight is 264 g/mol. The molecule has 0 amide bonds. The van der Waals surface area contributed by atoms with Gasteiger partial charge >= 0.3 is 0 Å². The molecule has 0 aliphatic rings. The fourth-order valence-electron chi connectivity index (χ4n) is 2.30. The van der Waals surface area contributed by atoms with E-state index in [1.807, 2.05) is 12.1 Å². The third-order valence-electron chi connectivity index (χ3n) is 3.24. The molecule has 3 nitrogen and oxygen atoms in total. The molecule has 0 atom stereocenters. The number of rotatable bonds is 4. The molecule has 100 valence electrons. The smallest absolute Gasteiger partial charge is 0.148 e. The number of aromatic nitrogens is 2. The summed E-state index contributed by atoms with van der Waals surface area (Å²) in [5.41, 5.74) is 2.12. The van der Waals surface area contributed by atoms with E-state index >= 15 is 0 Å². The lowest BCUT2D eigenvalue weighted by Crippen LogP contribution is -1.98. The zero-order chi connectivity index (χ0) is 13.8. The number of hydrogen-bond acceptors (Lipinski definition) is 3. The molecular weight excluding hydrogens is 248 g/mol. The summed E-state index contributed by atoms with van der Waals surface area (Å²) < 4.78 is 5.79. The Bertz CT molecular complexity index is 720. The van der Waals surface area contributed by atoms with Crippen LogP contribution < -0.4 is 4.74 Å². The van der Waals surface area contributed by atoms with Gasteiger partial charge in [-0.15, -0.1) is 0 Å². The van der Waals surface area contributed by atoms with Crippen molar-refractivity contribution in [2.24, 2.45) is 0 Å². The predicted octanol–water partition coefficient (Wildman–Crippen LogP) is 4.09. The standard InChI is InChI=1S/C17H16N2O/c1-2-10-20-17-12-19-18-11-16(17)15-9-5-7-13-6-3-4-8-14(13)15/h3-9,11-12H,2,10H2,1H3. The molecule has 0 aliphatic carbocycles. The molecule has 0 bridgehead atoms. The molecule has 0 radical (unpaired) electrons. The molecule has 0 fully saturated rings. The van der Waals surface area contributed by atoms with Crippen LogP contribution in [0.15, 0.2) is 54.9 Å². The van der Waals surface area contributed by atoms with Crippen LogP contribution in [-0.2, 0) is 0 Å². The third kappa shape index (κ3) is 2.35. The van der Waals surface area contributed by atoms with Crippen LogP contribution in [0.4, 0.5) is 0 Å². The first-order chi connectivity index (χ1) is 9.90. The Morgan fingerprint density at radius 1 is 0.900 bits per heavy atom. The lowest BCUT2D eigenvalue weighted by atomic mass is 9.99. The molecule has 3 rings (SSSR count). The van der Waals surface area contributed by atoms with Crippen LogP contribution >= 0.6 is 0 Å². The Kier molecular flexibility index (Phi) is 3.59. The highest BCUT2D eigenvalue weighted by Crippen LogP contribution is 2.33. The van der Waals surface area contributed by atoms with E-state index in [0.717, 1.165) is 23.3 Å². The van der Waals surface area contributed by atoms with Crippen molar-refractivity contribution in [1.29, 1.82) is 0 Å². The quantitative estimate of drug-likeness (QED) is 0.712. The van der Waals surface area contributed by atoms with E-state index in [9.17, 15) is 0 Å². The van der Waals surface area contributed by atoms with Crippen molar-refractivity contribution in [1.82, 2.24) is 10.2 Å². The Labute approximate surface area is 118 Å². The van der Waals surface area contributed by atoms with Gasteiger partial charge in [-0.05, 0) is 22.8 Å². The maximum Gasteiger partial charge on any atom is 0.148 e. The summed E-state index contributed by atoms with van der Waals surface area (Å²) in [7, 11) is 0. The molecule has 1 aromatic heterocycles. The first-order valence-electron chi connectivity index (χ1n) is 6.82. The van der Waals surface area contributed by atoms with Crippen molar-refractivity contribution in [2.75, 3.05) is 6.61 Å². The van der Waals surface area contributed by atoms with Gasteiger partial charge in [-0.3, -0.25) is 0 Å². The van der Waals surface area contributed by atoms with Crippen LogP contribution in [0.1, 0.15) is 13.3 Å².